The monoisotopic (exact) mass is 343 g/mol. The van der Waals surface area contributed by atoms with Crippen LogP contribution in [0.2, 0.25) is 0 Å². The van der Waals surface area contributed by atoms with Crippen molar-refractivity contribution in [1.82, 2.24) is 4.31 Å². The van der Waals surface area contributed by atoms with Crippen LogP contribution in [0.3, 0.4) is 0 Å². The van der Waals surface area contributed by atoms with Gasteiger partial charge in [0.1, 0.15) is 0 Å². The zero-order chi connectivity index (χ0) is 17.6. The molecule has 0 amide bonds. The predicted octanol–water partition coefficient (Wildman–Crippen LogP) is 2.53. The smallest absolute Gasteiger partial charge is 0.243 e. The molecule has 5 nitrogen and oxygen atoms in total. The van der Waals surface area contributed by atoms with Gasteiger partial charge in [-0.25, -0.2) is 8.42 Å². The molecule has 0 saturated heterocycles. The first kappa shape index (κ1) is 17.9. The molecular weight excluding hydrogens is 322 g/mol. The highest BCUT2D eigenvalue weighted by atomic mass is 32.2. The van der Waals surface area contributed by atoms with E-state index in [0.717, 1.165) is 11.1 Å². The van der Waals surface area contributed by atoms with E-state index in [-0.39, 0.29) is 18.0 Å². The van der Waals surface area contributed by atoms with Gasteiger partial charge in [0.25, 0.3) is 0 Å². The van der Waals surface area contributed by atoms with Crippen molar-refractivity contribution in [3.63, 3.8) is 0 Å². The summed E-state index contributed by atoms with van der Waals surface area (Å²) < 4.78 is 27.1. The highest BCUT2D eigenvalue weighted by Crippen LogP contribution is 2.17. The predicted molar refractivity (Wildman–Crippen MR) is 97.3 cm³/mol. The van der Waals surface area contributed by atoms with E-state index in [1.54, 1.807) is 30.3 Å². The van der Waals surface area contributed by atoms with E-state index >= 15 is 0 Å². The van der Waals surface area contributed by atoms with Crippen LogP contribution in [0.15, 0.2) is 77.2 Å². The van der Waals surface area contributed by atoms with Gasteiger partial charge in [0.05, 0.1) is 17.2 Å². The van der Waals surface area contributed by atoms with Crippen LogP contribution in [0.25, 0.3) is 0 Å². The molecule has 2 aromatic carbocycles. The number of hydrogen-bond acceptors (Lipinski definition) is 4. The Labute approximate surface area is 143 Å². The molecule has 6 heteroatoms. The van der Waals surface area contributed by atoms with Gasteiger partial charge < -0.3 is 5.84 Å². The highest BCUT2D eigenvalue weighted by molar-refractivity contribution is 7.89. The average molecular weight is 343 g/mol. The van der Waals surface area contributed by atoms with Gasteiger partial charge in [-0.05, 0) is 24.6 Å². The van der Waals surface area contributed by atoms with Crippen molar-refractivity contribution in [2.75, 3.05) is 13.1 Å². The van der Waals surface area contributed by atoms with Gasteiger partial charge in [-0.1, -0.05) is 54.1 Å². The molecule has 2 aromatic rings. The van der Waals surface area contributed by atoms with E-state index in [0.29, 0.717) is 5.71 Å². The van der Waals surface area contributed by atoms with Crippen molar-refractivity contribution in [2.24, 2.45) is 10.9 Å². The number of rotatable bonds is 7. The van der Waals surface area contributed by atoms with Gasteiger partial charge in [0.2, 0.25) is 10.0 Å². The largest absolute Gasteiger partial charge is 0.323 e. The molecule has 126 valence electrons. The van der Waals surface area contributed by atoms with Crippen LogP contribution < -0.4 is 5.84 Å². The summed E-state index contributed by atoms with van der Waals surface area (Å²) >= 11 is 0. The molecule has 0 saturated carbocycles. The highest BCUT2D eigenvalue weighted by Gasteiger charge is 2.25. The summed E-state index contributed by atoms with van der Waals surface area (Å²) in [6.07, 6.45) is 1.55. The van der Waals surface area contributed by atoms with Crippen LogP contribution in [0.1, 0.15) is 11.1 Å². The first-order valence-electron chi connectivity index (χ1n) is 7.49. The molecule has 0 spiro atoms. The number of benzene rings is 2. The van der Waals surface area contributed by atoms with Crippen molar-refractivity contribution < 1.29 is 8.42 Å². The molecule has 24 heavy (non-hydrogen) atoms. The van der Waals surface area contributed by atoms with Crippen molar-refractivity contribution in [3.8, 4) is 0 Å². The number of nitrogens with two attached hydrogens (primary N) is 1. The average Bonchev–Trinajstić information content (AvgIpc) is 2.59. The van der Waals surface area contributed by atoms with Crippen molar-refractivity contribution >= 4 is 15.7 Å². The lowest BCUT2D eigenvalue weighted by Gasteiger charge is -2.21. The maximum atomic E-state index is 12.9. The summed E-state index contributed by atoms with van der Waals surface area (Å²) in [4.78, 5) is 0.236. The second-order valence-corrected chi connectivity index (χ2v) is 7.28. The SMILES string of the molecule is C=CCN(C/C(=N/N)c1ccccc1)S(=O)(=O)c1ccc(C)cc1. The van der Waals surface area contributed by atoms with Gasteiger partial charge in [0, 0.05) is 6.54 Å². The number of hydrazone groups is 1. The Hall–Kier alpha value is -2.44. The second-order valence-electron chi connectivity index (χ2n) is 5.34. The molecule has 0 fully saturated rings. The van der Waals surface area contributed by atoms with Gasteiger partial charge in [0.15, 0.2) is 0 Å². The molecule has 0 aliphatic heterocycles. The minimum absolute atomic E-state index is 0.0722. The zero-order valence-electron chi connectivity index (χ0n) is 13.6. The van der Waals surface area contributed by atoms with Crippen molar-refractivity contribution in [1.29, 1.82) is 0 Å². The number of sulfonamides is 1. The van der Waals surface area contributed by atoms with Crippen LogP contribution in [0, 0.1) is 6.92 Å². The molecule has 0 bridgehead atoms. The fraction of sp³-hybridized carbons (Fsp3) is 0.167. The molecule has 0 aromatic heterocycles. The van der Waals surface area contributed by atoms with E-state index in [1.807, 2.05) is 37.3 Å². The Bertz CT molecular complexity index is 813. The van der Waals surface area contributed by atoms with Crippen LogP contribution >= 0.6 is 0 Å². The van der Waals surface area contributed by atoms with Crippen LogP contribution in [0.4, 0.5) is 0 Å². The Morgan fingerprint density at radius 3 is 2.33 bits per heavy atom. The Morgan fingerprint density at radius 1 is 1.17 bits per heavy atom. The molecule has 0 aliphatic carbocycles. The quantitative estimate of drug-likeness (QED) is 0.363. The lowest BCUT2D eigenvalue weighted by atomic mass is 10.1. The lowest BCUT2D eigenvalue weighted by Crippen LogP contribution is -2.36. The van der Waals surface area contributed by atoms with E-state index in [4.69, 9.17) is 5.84 Å². The van der Waals surface area contributed by atoms with Gasteiger partial charge >= 0.3 is 0 Å². The van der Waals surface area contributed by atoms with E-state index in [1.165, 1.54) is 4.31 Å². The van der Waals surface area contributed by atoms with Crippen LogP contribution in [-0.4, -0.2) is 31.5 Å². The summed E-state index contributed by atoms with van der Waals surface area (Å²) in [5, 5.41) is 3.78. The molecule has 2 rings (SSSR count). The van der Waals surface area contributed by atoms with Gasteiger partial charge in [-0.3, -0.25) is 0 Å². The molecule has 0 atom stereocenters. The minimum atomic E-state index is -3.67. The van der Waals surface area contributed by atoms with Crippen molar-refractivity contribution in [3.05, 3.63) is 78.4 Å². The lowest BCUT2D eigenvalue weighted by molar-refractivity contribution is 0.481. The van der Waals surface area contributed by atoms with Gasteiger partial charge in [-0.15, -0.1) is 6.58 Å². The summed E-state index contributed by atoms with van der Waals surface area (Å²) in [6.45, 7) is 5.80. The van der Waals surface area contributed by atoms with Crippen LogP contribution in [-0.2, 0) is 10.0 Å². The van der Waals surface area contributed by atoms with E-state index in [9.17, 15) is 8.42 Å². The number of hydrogen-bond donors (Lipinski definition) is 1. The van der Waals surface area contributed by atoms with E-state index < -0.39 is 10.0 Å². The molecule has 0 aliphatic rings. The summed E-state index contributed by atoms with van der Waals surface area (Å²) in [5.74, 6) is 5.49. The third kappa shape index (κ3) is 4.10. The Balaban J connectivity index is 2.35. The fourth-order valence-electron chi connectivity index (χ4n) is 2.26. The number of aryl methyl sites for hydroxylation is 1. The summed E-state index contributed by atoms with van der Waals surface area (Å²) in [6, 6.07) is 16.0. The molecule has 0 unspecified atom stereocenters. The summed E-state index contributed by atoms with van der Waals surface area (Å²) in [7, 11) is -3.67. The van der Waals surface area contributed by atoms with Gasteiger partial charge in [-0.2, -0.15) is 9.41 Å². The Morgan fingerprint density at radius 2 is 1.79 bits per heavy atom. The molecule has 2 N–H and O–H groups in total. The second kappa shape index (κ2) is 7.90. The maximum absolute atomic E-state index is 12.9. The van der Waals surface area contributed by atoms with E-state index in [2.05, 4.69) is 11.7 Å². The number of nitrogens with zero attached hydrogens (tertiary/aromatic N) is 2. The standard InChI is InChI=1S/C18H21N3O2S/c1-3-13-21(14-18(20-19)16-7-5-4-6-8-16)24(22,23)17-11-9-15(2)10-12-17/h3-12H,1,13-14,19H2,2H3/b20-18-. The minimum Gasteiger partial charge on any atom is -0.323 e. The van der Waals surface area contributed by atoms with Crippen molar-refractivity contribution in [2.45, 2.75) is 11.8 Å². The summed E-state index contributed by atoms with van der Waals surface area (Å²) in [5.41, 5.74) is 2.28. The molecular formula is C18H21N3O2S. The maximum Gasteiger partial charge on any atom is 0.243 e. The first-order chi connectivity index (χ1) is 11.5. The zero-order valence-corrected chi connectivity index (χ0v) is 14.4. The van der Waals surface area contributed by atoms with Crippen LogP contribution in [0.5, 0.6) is 0 Å². The third-order valence-electron chi connectivity index (χ3n) is 3.58. The third-order valence-corrected chi connectivity index (χ3v) is 5.41. The normalized spacial score (nSPS) is 12.3. The molecule has 0 heterocycles. The first-order valence-corrected chi connectivity index (χ1v) is 8.93. The topological polar surface area (TPSA) is 75.8 Å². The molecule has 0 radical (unpaired) electrons. The Kier molecular flexibility index (Phi) is 5.89. The fourth-order valence-corrected chi connectivity index (χ4v) is 3.63.